The number of carbonyl (C=O) groups is 4. The Labute approximate surface area is 194 Å². The van der Waals surface area contributed by atoms with Crippen molar-refractivity contribution in [1.82, 2.24) is 25.8 Å². The zero-order valence-electron chi connectivity index (χ0n) is 19.9. The highest BCUT2D eigenvalue weighted by Gasteiger charge is 2.32. The quantitative estimate of drug-likeness (QED) is 0.451. The van der Waals surface area contributed by atoms with E-state index >= 15 is 0 Å². The van der Waals surface area contributed by atoms with Crippen molar-refractivity contribution < 1.29 is 33.8 Å². The maximum Gasteiger partial charge on any atom is 0.408 e. The molecule has 0 unspecified atom stereocenters. The Balaban J connectivity index is 1.94. The van der Waals surface area contributed by atoms with Crippen LogP contribution in [0.5, 0.6) is 0 Å². The van der Waals surface area contributed by atoms with Crippen molar-refractivity contribution in [2.45, 2.75) is 70.2 Å². The van der Waals surface area contributed by atoms with Crippen LogP contribution in [0.2, 0.25) is 0 Å². The molecule has 0 saturated carbocycles. The molecule has 5 amide bonds. The molecule has 4 N–H and O–H groups in total. The summed E-state index contributed by atoms with van der Waals surface area (Å²) in [6, 6.07) is -1.21. The van der Waals surface area contributed by atoms with Crippen molar-refractivity contribution in [3.8, 4) is 0 Å². The third-order valence-corrected chi connectivity index (χ3v) is 5.57. The minimum absolute atomic E-state index is 0.0260. The van der Waals surface area contributed by atoms with Crippen LogP contribution in [0.4, 0.5) is 14.4 Å². The van der Waals surface area contributed by atoms with Crippen LogP contribution in [-0.4, -0.2) is 103 Å². The van der Waals surface area contributed by atoms with Crippen molar-refractivity contribution in [2.75, 3.05) is 39.8 Å². The van der Waals surface area contributed by atoms with Crippen molar-refractivity contribution in [1.29, 1.82) is 0 Å². The van der Waals surface area contributed by atoms with E-state index in [9.17, 15) is 19.2 Å². The number of amides is 5. The Bertz CT molecular complexity index is 696. The molecule has 2 saturated heterocycles. The zero-order valence-corrected chi connectivity index (χ0v) is 19.9. The van der Waals surface area contributed by atoms with Crippen molar-refractivity contribution in [3.63, 3.8) is 0 Å². The molecule has 0 aromatic heterocycles. The van der Waals surface area contributed by atoms with Crippen LogP contribution in [0, 0.1) is 0 Å². The number of alkyl carbamates (subject to hydrolysis) is 1. The molecule has 0 aliphatic carbocycles. The summed E-state index contributed by atoms with van der Waals surface area (Å²) in [6.07, 6.45) is 0.397. The smallest absolute Gasteiger partial charge is 0.408 e. The first kappa shape index (κ1) is 26.5. The van der Waals surface area contributed by atoms with E-state index in [1.165, 1.54) is 4.90 Å². The number of carboxylic acid groups (broad SMARTS) is 1. The van der Waals surface area contributed by atoms with Gasteiger partial charge in [0.15, 0.2) is 0 Å². The molecular formula is C21H37N5O7. The summed E-state index contributed by atoms with van der Waals surface area (Å²) in [4.78, 5) is 51.1. The normalized spacial score (nSPS) is 18.9. The predicted octanol–water partition coefficient (Wildman–Crippen LogP) is 0.959. The molecule has 0 radical (unpaired) electrons. The number of carbonyl (C=O) groups excluding carboxylic acids is 3. The minimum Gasteiger partial charge on any atom is -0.465 e. The molecule has 2 fully saturated rings. The molecule has 0 bridgehead atoms. The molecule has 2 aliphatic heterocycles. The third kappa shape index (κ3) is 8.95. The molecule has 0 aromatic carbocycles. The number of nitrogens with one attached hydrogen (secondary N) is 3. The van der Waals surface area contributed by atoms with E-state index < -0.39 is 23.8 Å². The summed E-state index contributed by atoms with van der Waals surface area (Å²) < 4.78 is 11.2. The fourth-order valence-electron chi connectivity index (χ4n) is 3.79. The molecule has 1 atom stereocenters. The van der Waals surface area contributed by atoms with Gasteiger partial charge in [-0.2, -0.15) is 0 Å². The lowest BCUT2D eigenvalue weighted by Gasteiger charge is -2.35. The van der Waals surface area contributed by atoms with Gasteiger partial charge < -0.3 is 40.3 Å². The molecule has 0 aromatic rings. The Morgan fingerprint density at radius 2 is 1.58 bits per heavy atom. The number of hydrogen-bond donors (Lipinski definition) is 4. The lowest BCUT2D eigenvalue weighted by molar-refractivity contribution is -0.137. The Morgan fingerprint density at radius 1 is 1.00 bits per heavy atom. The molecule has 188 valence electrons. The lowest BCUT2D eigenvalue weighted by atomic mass is 10.0. The van der Waals surface area contributed by atoms with Gasteiger partial charge in [0.2, 0.25) is 5.91 Å². The van der Waals surface area contributed by atoms with Gasteiger partial charge in [-0.3, -0.25) is 4.79 Å². The van der Waals surface area contributed by atoms with Gasteiger partial charge in [-0.1, -0.05) is 0 Å². The lowest BCUT2D eigenvalue weighted by Crippen LogP contribution is -2.55. The Kier molecular flexibility index (Phi) is 9.56. The van der Waals surface area contributed by atoms with Gasteiger partial charge in [0.1, 0.15) is 11.6 Å². The molecule has 0 spiro atoms. The van der Waals surface area contributed by atoms with E-state index in [0.717, 1.165) is 0 Å². The standard InChI is InChI=1S/C21H37N5O7/c1-21(2,3)33-19(29)24-16(13-32-15-7-11-26(12-8-15)20(30)31)17(27)25-9-5-14(6-10-25)23-18(28)22-4/h14-16H,5-13H2,1-4H3,(H,24,29)(H,30,31)(H2,22,23,28)/t16-/m1/s1. The van der Waals surface area contributed by atoms with Gasteiger partial charge in [0, 0.05) is 39.3 Å². The number of nitrogens with zero attached hydrogens (tertiary/aromatic N) is 2. The van der Waals surface area contributed by atoms with E-state index in [-0.39, 0.29) is 30.7 Å². The molecule has 2 heterocycles. The van der Waals surface area contributed by atoms with Crippen LogP contribution in [0.1, 0.15) is 46.5 Å². The van der Waals surface area contributed by atoms with E-state index in [1.807, 2.05) is 0 Å². The van der Waals surface area contributed by atoms with Gasteiger partial charge in [0.25, 0.3) is 0 Å². The second kappa shape index (κ2) is 11.9. The Morgan fingerprint density at radius 3 is 2.09 bits per heavy atom. The molecule has 12 nitrogen and oxygen atoms in total. The molecule has 12 heteroatoms. The topological polar surface area (TPSA) is 150 Å². The summed E-state index contributed by atoms with van der Waals surface area (Å²) in [5.74, 6) is -0.276. The van der Waals surface area contributed by atoms with Crippen molar-refractivity contribution >= 4 is 24.1 Å². The summed E-state index contributed by atoms with van der Waals surface area (Å²) in [7, 11) is 1.55. The number of rotatable bonds is 6. The van der Waals surface area contributed by atoms with Crippen LogP contribution < -0.4 is 16.0 Å². The number of hydrogen-bond acceptors (Lipinski definition) is 6. The van der Waals surface area contributed by atoms with Crippen LogP contribution in [-0.2, 0) is 14.3 Å². The predicted molar refractivity (Wildman–Crippen MR) is 119 cm³/mol. The van der Waals surface area contributed by atoms with Gasteiger partial charge in [0.05, 0.1) is 12.7 Å². The summed E-state index contributed by atoms with van der Waals surface area (Å²) >= 11 is 0. The maximum atomic E-state index is 13.2. The monoisotopic (exact) mass is 471 g/mol. The van der Waals surface area contributed by atoms with Gasteiger partial charge in [-0.25, -0.2) is 14.4 Å². The van der Waals surface area contributed by atoms with Gasteiger partial charge in [-0.05, 0) is 46.5 Å². The highest BCUT2D eigenvalue weighted by Crippen LogP contribution is 2.16. The van der Waals surface area contributed by atoms with E-state index in [1.54, 1.807) is 32.7 Å². The summed E-state index contributed by atoms with van der Waals surface area (Å²) in [5.41, 5.74) is -0.716. The maximum absolute atomic E-state index is 13.2. The van der Waals surface area contributed by atoms with Gasteiger partial charge in [-0.15, -0.1) is 0 Å². The number of piperidine rings is 2. The fraction of sp³-hybridized carbons (Fsp3) is 0.810. The number of urea groups is 1. The second-order valence-electron chi connectivity index (χ2n) is 9.32. The average Bonchev–Trinajstić information content (AvgIpc) is 2.75. The molecule has 2 rings (SSSR count). The van der Waals surface area contributed by atoms with Crippen LogP contribution in [0.25, 0.3) is 0 Å². The molecular weight excluding hydrogens is 434 g/mol. The van der Waals surface area contributed by atoms with Crippen LogP contribution in [0.15, 0.2) is 0 Å². The SMILES string of the molecule is CNC(=O)NC1CCN(C(=O)[C@@H](COC2CCN(C(=O)O)CC2)NC(=O)OC(C)(C)C)CC1. The third-order valence-electron chi connectivity index (χ3n) is 5.57. The number of ether oxygens (including phenoxy) is 2. The first-order chi connectivity index (χ1) is 15.5. The van der Waals surface area contributed by atoms with Crippen molar-refractivity contribution in [2.24, 2.45) is 0 Å². The highest BCUT2D eigenvalue weighted by molar-refractivity contribution is 5.86. The summed E-state index contributed by atoms with van der Waals surface area (Å²) in [5, 5.41) is 17.1. The average molecular weight is 472 g/mol. The van der Waals surface area contributed by atoms with E-state index in [2.05, 4.69) is 16.0 Å². The van der Waals surface area contributed by atoms with Crippen LogP contribution in [0.3, 0.4) is 0 Å². The van der Waals surface area contributed by atoms with E-state index in [4.69, 9.17) is 14.6 Å². The van der Waals surface area contributed by atoms with E-state index in [0.29, 0.717) is 51.9 Å². The number of likely N-dealkylation sites (tertiary alicyclic amines) is 2. The minimum atomic E-state index is -0.956. The largest absolute Gasteiger partial charge is 0.465 e. The first-order valence-electron chi connectivity index (χ1n) is 11.3. The summed E-state index contributed by atoms with van der Waals surface area (Å²) in [6.45, 7) is 6.79. The zero-order chi connectivity index (χ0) is 24.6. The fourth-order valence-corrected chi connectivity index (χ4v) is 3.79. The van der Waals surface area contributed by atoms with Gasteiger partial charge >= 0.3 is 18.2 Å². The van der Waals surface area contributed by atoms with Crippen molar-refractivity contribution in [3.05, 3.63) is 0 Å². The first-order valence-corrected chi connectivity index (χ1v) is 11.3. The second-order valence-corrected chi connectivity index (χ2v) is 9.32. The highest BCUT2D eigenvalue weighted by atomic mass is 16.6. The van der Waals surface area contributed by atoms with Crippen LogP contribution >= 0.6 is 0 Å². The Hall–Kier alpha value is -2.76. The molecule has 33 heavy (non-hydrogen) atoms. The molecule has 2 aliphatic rings.